The molecule has 0 saturated carbocycles. The molecule has 0 aliphatic carbocycles. The number of rotatable bonds is 7. The molecule has 224 valence electrons. The fourth-order valence-corrected chi connectivity index (χ4v) is 6.96. The fourth-order valence-electron chi connectivity index (χ4n) is 6.38. The molecule has 8 aromatic rings. The first-order valence-electron chi connectivity index (χ1n) is 15.4. The number of imidazole rings is 1. The molecule has 0 bridgehead atoms. The van der Waals surface area contributed by atoms with Crippen molar-refractivity contribution in [1.29, 1.82) is 0 Å². The normalized spacial score (nSPS) is 11.5. The van der Waals surface area contributed by atoms with Crippen molar-refractivity contribution < 1.29 is 0 Å². The summed E-state index contributed by atoms with van der Waals surface area (Å²) in [5.41, 5.74) is 9.69. The van der Waals surface area contributed by atoms with Gasteiger partial charge in [-0.3, -0.25) is 9.97 Å². The van der Waals surface area contributed by atoms with Crippen LogP contribution in [0.1, 0.15) is 22.5 Å². The monoisotopic (exact) mass is 669 g/mol. The van der Waals surface area contributed by atoms with Gasteiger partial charge >= 0.3 is 0 Å². The predicted octanol–water partition coefficient (Wildman–Crippen LogP) is 9.89. The third-order valence-electron chi connectivity index (χ3n) is 8.54. The van der Waals surface area contributed by atoms with Crippen molar-refractivity contribution in [1.82, 2.24) is 24.9 Å². The topological polar surface area (TPSA) is 67.3 Å². The van der Waals surface area contributed by atoms with Gasteiger partial charge in [0.25, 0.3) is 0 Å². The molecule has 0 saturated heterocycles. The van der Waals surface area contributed by atoms with Crippen LogP contribution in [0.4, 0.5) is 0 Å². The second kappa shape index (κ2) is 12.2. The summed E-state index contributed by atoms with van der Waals surface area (Å²) in [7, 11) is 0. The zero-order chi connectivity index (χ0) is 31.6. The Morgan fingerprint density at radius 2 is 1.06 bits per heavy atom. The largest absolute Gasteiger partial charge is 0.341 e. The molecule has 0 radical (unpaired) electrons. The summed E-state index contributed by atoms with van der Waals surface area (Å²) in [6, 6.07) is 51.9. The molecular weight excluding hydrogens is 642 g/mol. The highest BCUT2D eigenvalue weighted by molar-refractivity contribution is 9.10. The van der Waals surface area contributed by atoms with Crippen molar-refractivity contribution >= 4 is 27.0 Å². The van der Waals surface area contributed by atoms with Crippen molar-refractivity contribution in [3.63, 3.8) is 0 Å². The number of halogens is 1. The van der Waals surface area contributed by atoms with Crippen LogP contribution in [0.3, 0.4) is 0 Å². The standard InChI is InChI=1S/C41H28BrN5/c42-33-18-8-7-17-32(33)41(30-13-3-1-4-14-30,31-15-5-2-6-16-31)40-46-36-22-21-28(25-39(36)47-40)29-26-37(34-19-9-11-23-43-34)45-38(27-29)35-20-10-12-24-44-35/h1-27H,(H,46,47). The van der Waals surface area contributed by atoms with Crippen LogP contribution in [-0.2, 0) is 5.41 Å². The summed E-state index contributed by atoms with van der Waals surface area (Å²) in [6.45, 7) is 0. The molecule has 5 nitrogen and oxygen atoms in total. The quantitative estimate of drug-likeness (QED) is 0.172. The maximum atomic E-state index is 5.31. The molecule has 0 spiro atoms. The Labute approximate surface area is 281 Å². The number of hydrogen-bond acceptors (Lipinski definition) is 4. The van der Waals surface area contributed by atoms with Gasteiger partial charge in [0.2, 0.25) is 0 Å². The van der Waals surface area contributed by atoms with E-state index in [1.165, 1.54) is 0 Å². The maximum absolute atomic E-state index is 5.31. The molecule has 0 amide bonds. The minimum Gasteiger partial charge on any atom is -0.341 e. The van der Waals surface area contributed by atoms with E-state index in [4.69, 9.17) is 9.97 Å². The number of nitrogens with zero attached hydrogens (tertiary/aromatic N) is 4. The summed E-state index contributed by atoms with van der Waals surface area (Å²) >= 11 is 3.90. The predicted molar refractivity (Wildman–Crippen MR) is 192 cm³/mol. The molecule has 0 aliphatic rings. The summed E-state index contributed by atoms with van der Waals surface area (Å²) in [6.07, 6.45) is 3.58. The van der Waals surface area contributed by atoms with E-state index in [1.807, 2.05) is 42.5 Å². The highest BCUT2D eigenvalue weighted by atomic mass is 79.9. The summed E-state index contributed by atoms with van der Waals surface area (Å²) in [5.74, 6) is 0.840. The van der Waals surface area contributed by atoms with Crippen LogP contribution in [-0.4, -0.2) is 24.9 Å². The van der Waals surface area contributed by atoms with Crippen LogP contribution in [0, 0.1) is 0 Å². The summed E-state index contributed by atoms with van der Waals surface area (Å²) < 4.78 is 1.01. The van der Waals surface area contributed by atoms with Crippen molar-refractivity contribution in [3.8, 4) is 33.9 Å². The van der Waals surface area contributed by atoms with Gasteiger partial charge in [-0.05, 0) is 82.4 Å². The number of hydrogen-bond donors (Lipinski definition) is 1. The Kier molecular flexibility index (Phi) is 7.48. The Balaban J connectivity index is 1.34. The van der Waals surface area contributed by atoms with Crippen LogP contribution in [0.5, 0.6) is 0 Å². The first-order chi connectivity index (χ1) is 23.2. The fraction of sp³-hybridized carbons (Fsp3) is 0.0244. The molecule has 0 unspecified atom stereocenters. The average Bonchev–Trinajstić information content (AvgIpc) is 3.58. The SMILES string of the molecule is Brc1ccccc1C(c1ccccc1)(c1ccccc1)c1nc2ccc(-c3cc(-c4ccccn4)nc(-c4ccccn4)c3)cc2[nH]1. The number of benzene rings is 4. The first kappa shape index (κ1) is 28.7. The van der Waals surface area contributed by atoms with E-state index in [-0.39, 0.29) is 0 Å². The molecule has 4 aromatic heterocycles. The van der Waals surface area contributed by atoms with Gasteiger partial charge < -0.3 is 4.98 Å². The summed E-state index contributed by atoms with van der Waals surface area (Å²) in [5, 5.41) is 0. The molecule has 6 heteroatoms. The van der Waals surface area contributed by atoms with Gasteiger partial charge in [0, 0.05) is 16.9 Å². The van der Waals surface area contributed by atoms with Gasteiger partial charge in [-0.1, -0.05) is 113 Å². The molecule has 47 heavy (non-hydrogen) atoms. The van der Waals surface area contributed by atoms with E-state index in [0.29, 0.717) is 0 Å². The Morgan fingerprint density at radius 3 is 1.64 bits per heavy atom. The van der Waals surface area contributed by atoms with Crippen LogP contribution in [0.2, 0.25) is 0 Å². The van der Waals surface area contributed by atoms with Crippen molar-refractivity contribution in [2.24, 2.45) is 0 Å². The third kappa shape index (κ3) is 5.23. The zero-order valence-electron chi connectivity index (χ0n) is 25.3. The van der Waals surface area contributed by atoms with Crippen molar-refractivity contribution in [2.45, 2.75) is 5.41 Å². The van der Waals surface area contributed by atoms with Gasteiger partial charge in [-0.15, -0.1) is 0 Å². The van der Waals surface area contributed by atoms with Gasteiger partial charge in [-0.25, -0.2) is 9.97 Å². The Bertz CT molecular complexity index is 2210. The zero-order valence-corrected chi connectivity index (χ0v) is 26.8. The van der Waals surface area contributed by atoms with Crippen LogP contribution >= 0.6 is 15.9 Å². The molecule has 4 aromatic carbocycles. The molecule has 4 heterocycles. The van der Waals surface area contributed by atoms with Crippen molar-refractivity contribution in [3.05, 3.63) is 191 Å². The Morgan fingerprint density at radius 1 is 0.489 bits per heavy atom. The average molecular weight is 671 g/mol. The van der Waals surface area contributed by atoms with Gasteiger partial charge in [0.15, 0.2) is 0 Å². The van der Waals surface area contributed by atoms with Gasteiger partial charge in [0.05, 0.1) is 33.8 Å². The van der Waals surface area contributed by atoms with Gasteiger partial charge in [-0.2, -0.15) is 0 Å². The van der Waals surface area contributed by atoms with Crippen LogP contribution in [0.15, 0.2) is 169 Å². The lowest BCUT2D eigenvalue weighted by Crippen LogP contribution is -2.32. The lowest BCUT2D eigenvalue weighted by atomic mass is 9.69. The highest BCUT2D eigenvalue weighted by Crippen LogP contribution is 2.47. The van der Waals surface area contributed by atoms with Crippen LogP contribution < -0.4 is 0 Å². The molecule has 0 aliphatic heterocycles. The number of H-pyrrole nitrogens is 1. The first-order valence-corrected chi connectivity index (χ1v) is 16.2. The second-order valence-corrected chi connectivity index (χ2v) is 12.2. The van der Waals surface area contributed by atoms with Crippen LogP contribution in [0.25, 0.3) is 44.9 Å². The maximum Gasteiger partial charge on any atom is 0.127 e. The number of pyridine rings is 3. The summed E-state index contributed by atoms with van der Waals surface area (Å²) in [4.78, 5) is 23.2. The Hall–Kier alpha value is -5.72. The number of aromatic amines is 1. The van der Waals surface area contributed by atoms with E-state index in [0.717, 1.165) is 71.9 Å². The molecule has 0 atom stereocenters. The number of aromatic nitrogens is 5. The number of nitrogens with one attached hydrogen (secondary N) is 1. The lowest BCUT2D eigenvalue weighted by molar-refractivity contribution is 0.692. The van der Waals surface area contributed by atoms with E-state index in [9.17, 15) is 0 Å². The van der Waals surface area contributed by atoms with E-state index in [1.54, 1.807) is 12.4 Å². The highest BCUT2D eigenvalue weighted by Gasteiger charge is 2.42. The third-order valence-corrected chi connectivity index (χ3v) is 9.23. The second-order valence-electron chi connectivity index (χ2n) is 11.3. The molecule has 8 rings (SSSR count). The molecule has 0 fully saturated rings. The van der Waals surface area contributed by atoms with E-state index >= 15 is 0 Å². The van der Waals surface area contributed by atoms with E-state index in [2.05, 4.69) is 140 Å². The number of fused-ring (bicyclic) bond motifs is 1. The lowest BCUT2D eigenvalue weighted by Gasteiger charge is -2.35. The van der Waals surface area contributed by atoms with Gasteiger partial charge in [0.1, 0.15) is 11.2 Å². The minimum atomic E-state index is -0.712. The molecule has 1 N–H and O–H groups in total. The minimum absolute atomic E-state index is 0.712. The van der Waals surface area contributed by atoms with Crippen molar-refractivity contribution in [2.75, 3.05) is 0 Å². The molecular formula is C41H28BrN5. The smallest absolute Gasteiger partial charge is 0.127 e. The van der Waals surface area contributed by atoms with E-state index < -0.39 is 5.41 Å².